The normalized spacial score (nSPS) is 12.2. The number of hydrogen-bond acceptors (Lipinski definition) is 4. The van der Waals surface area contributed by atoms with Crippen LogP contribution in [0.5, 0.6) is 0 Å². The monoisotopic (exact) mass is 549 g/mol. The zero-order valence-electron chi connectivity index (χ0n) is 23.6. The predicted octanol–water partition coefficient (Wildman–Crippen LogP) is 4.79. The summed E-state index contributed by atoms with van der Waals surface area (Å²) in [6.45, 7) is 11.0. The van der Waals surface area contributed by atoms with E-state index in [9.17, 15) is 18.0 Å². The van der Waals surface area contributed by atoms with E-state index in [-0.39, 0.29) is 23.4 Å². The van der Waals surface area contributed by atoms with Gasteiger partial charge < -0.3 is 10.2 Å². The quantitative estimate of drug-likeness (QED) is 0.373. The zero-order chi connectivity index (χ0) is 28.7. The van der Waals surface area contributed by atoms with Gasteiger partial charge in [0.05, 0.1) is 10.6 Å². The van der Waals surface area contributed by atoms with E-state index in [0.717, 1.165) is 26.6 Å². The Labute approximate surface area is 232 Å². The van der Waals surface area contributed by atoms with Crippen molar-refractivity contribution in [3.8, 4) is 0 Å². The summed E-state index contributed by atoms with van der Waals surface area (Å²) < 4.78 is 29.0. The van der Waals surface area contributed by atoms with Crippen molar-refractivity contribution >= 4 is 27.5 Å². The van der Waals surface area contributed by atoms with Gasteiger partial charge in [0.15, 0.2) is 0 Å². The summed E-state index contributed by atoms with van der Waals surface area (Å²) in [7, 11) is -4.08. The number of sulfonamides is 1. The number of anilines is 1. The molecule has 0 saturated heterocycles. The number of nitrogens with zero attached hydrogens (tertiary/aromatic N) is 2. The van der Waals surface area contributed by atoms with E-state index in [0.29, 0.717) is 12.1 Å². The molecular formula is C31H39N3O4S. The van der Waals surface area contributed by atoms with Gasteiger partial charge in [-0.15, -0.1) is 0 Å². The maximum atomic E-state index is 13.9. The Balaban J connectivity index is 2.00. The topological polar surface area (TPSA) is 86.8 Å². The molecule has 0 aliphatic rings. The molecule has 3 aromatic carbocycles. The smallest absolute Gasteiger partial charge is 0.264 e. The van der Waals surface area contributed by atoms with Crippen molar-refractivity contribution < 1.29 is 18.0 Å². The van der Waals surface area contributed by atoms with Crippen LogP contribution >= 0.6 is 0 Å². The molecule has 0 heterocycles. The Hall–Kier alpha value is -3.65. The second-order valence-electron chi connectivity index (χ2n) is 10.3. The van der Waals surface area contributed by atoms with Crippen LogP contribution in [0.4, 0.5) is 5.69 Å². The van der Waals surface area contributed by atoms with E-state index in [4.69, 9.17) is 0 Å². The van der Waals surface area contributed by atoms with E-state index in [1.165, 1.54) is 4.90 Å². The fourth-order valence-electron chi connectivity index (χ4n) is 4.22. The summed E-state index contributed by atoms with van der Waals surface area (Å²) in [6.07, 6.45) is 0.528. The third kappa shape index (κ3) is 7.69. The standard InChI is InChI=1S/C31H39N3O4S/c1-22(2)32-31(36)26(6)33(19-18-27-10-8-7-9-11-27)30(35)21-34(28-15-14-24(4)25(5)20-28)39(37,38)29-16-12-23(3)13-17-29/h7-17,20,22,26H,18-19,21H2,1-6H3,(H,32,36)/t26-/m1/s1. The van der Waals surface area contributed by atoms with Crippen molar-refractivity contribution in [2.75, 3.05) is 17.4 Å². The Morgan fingerprint density at radius 1 is 0.846 bits per heavy atom. The number of rotatable bonds is 11. The van der Waals surface area contributed by atoms with Gasteiger partial charge in [0.2, 0.25) is 11.8 Å². The molecule has 208 valence electrons. The average Bonchev–Trinajstić information content (AvgIpc) is 2.89. The molecule has 0 aromatic heterocycles. The summed E-state index contributed by atoms with van der Waals surface area (Å²) in [4.78, 5) is 28.4. The average molecular weight is 550 g/mol. The van der Waals surface area contributed by atoms with E-state index in [2.05, 4.69) is 5.32 Å². The van der Waals surface area contributed by atoms with Crippen molar-refractivity contribution in [2.45, 2.75) is 64.9 Å². The number of aryl methyl sites for hydroxylation is 3. The van der Waals surface area contributed by atoms with Crippen molar-refractivity contribution in [2.24, 2.45) is 0 Å². The Morgan fingerprint density at radius 3 is 2.08 bits per heavy atom. The number of carbonyl (C=O) groups excluding carboxylic acids is 2. The SMILES string of the molecule is Cc1ccc(S(=O)(=O)N(CC(=O)N(CCc2ccccc2)[C@H](C)C(=O)NC(C)C)c2ccc(C)c(C)c2)cc1. The number of amides is 2. The molecule has 1 atom stereocenters. The molecule has 0 radical (unpaired) electrons. The second-order valence-corrected chi connectivity index (χ2v) is 12.1. The van der Waals surface area contributed by atoms with Gasteiger partial charge >= 0.3 is 0 Å². The minimum Gasteiger partial charge on any atom is -0.352 e. The fourth-order valence-corrected chi connectivity index (χ4v) is 5.63. The van der Waals surface area contributed by atoms with Gasteiger partial charge in [0.25, 0.3) is 10.0 Å². The molecule has 0 unspecified atom stereocenters. The van der Waals surface area contributed by atoms with Crippen LogP contribution in [0.25, 0.3) is 0 Å². The number of benzene rings is 3. The summed E-state index contributed by atoms with van der Waals surface area (Å²) in [5.41, 5.74) is 4.27. The van der Waals surface area contributed by atoms with Crippen LogP contribution in [0, 0.1) is 20.8 Å². The van der Waals surface area contributed by atoms with E-state index >= 15 is 0 Å². The van der Waals surface area contributed by atoms with Crippen molar-refractivity contribution in [3.63, 3.8) is 0 Å². The first kappa shape index (κ1) is 29.9. The molecule has 2 amide bonds. The van der Waals surface area contributed by atoms with Gasteiger partial charge in [-0.25, -0.2) is 8.42 Å². The molecule has 0 bridgehead atoms. The lowest BCUT2D eigenvalue weighted by molar-refractivity contribution is -0.139. The minimum absolute atomic E-state index is 0.0972. The lowest BCUT2D eigenvalue weighted by atomic mass is 10.1. The van der Waals surface area contributed by atoms with Crippen LogP contribution in [-0.4, -0.2) is 50.3 Å². The van der Waals surface area contributed by atoms with E-state index < -0.39 is 28.5 Å². The third-order valence-electron chi connectivity index (χ3n) is 6.75. The second kappa shape index (κ2) is 12.9. The number of carbonyl (C=O) groups is 2. The van der Waals surface area contributed by atoms with Gasteiger partial charge in [-0.2, -0.15) is 0 Å². The molecule has 8 heteroatoms. The predicted molar refractivity (Wildman–Crippen MR) is 156 cm³/mol. The fraction of sp³-hybridized carbons (Fsp3) is 0.355. The van der Waals surface area contributed by atoms with Gasteiger partial charge in [0.1, 0.15) is 12.6 Å². The minimum atomic E-state index is -4.08. The van der Waals surface area contributed by atoms with Crippen LogP contribution in [-0.2, 0) is 26.0 Å². The molecule has 0 fully saturated rings. The van der Waals surface area contributed by atoms with Gasteiger partial charge in [0, 0.05) is 12.6 Å². The summed E-state index contributed by atoms with van der Waals surface area (Å²) in [5.74, 6) is -0.739. The van der Waals surface area contributed by atoms with Crippen LogP contribution < -0.4 is 9.62 Å². The summed E-state index contributed by atoms with van der Waals surface area (Å²) in [5, 5.41) is 2.87. The third-order valence-corrected chi connectivity index (χ3v) is 8.54. The maximum Gasteiger partial charge on any atom is 0.264 e. The highest BCUT2D eigenvalue weighted by molar-refractivity contribution is 7.92. The summed E-state index contributed by atoms with van der Waals surface area (Å²) >= 11 is 0. The lowest BCUT2D eigenvalue weighted by Crippen LogP contribution is -2.53. The Bertz CT molecular complexity index is 1390. The van der Waals surface area contributed by atoms with Gasteiger partial charge in [-0.3, -0.25) is 13.9 Å². The molecule has 7 nitrogen and oxygen atoms in total. The van der Waals surface area contributed by atoms with Crippen LogP contribution in [0.3, 0.4) is 0 Å². The molecule has 0 saturated carbocycles. The molecule has 0 aliphatic carbocycles. The van der Waals surface area contributed by atoms with Crippen LogP contribution in [0.1, 0.15) is 43.0 Å². The van der Waals surface area contributed by atoms with E-state index in [1.54, 1.807) is 43.3 Å². The summed E-state index contributed by atoms with van der Waals surface area (Å²) in [6, 6.07) is 20.7. The maximum absolute atomic E-state index is 13.9. The highest BCUT2D eigenvalue weighted by atomic mass is 32.2. The number of hydrogen-bond donors (Lipinski definition) is 1. The first-order valence-electron chi connectivity index (χ1n) is 13.2. The Morgan fingerprint density at radius 2 is 1.49 bits per heavy atom. The van der Waals surface area contributed by atoms with Crippen molar-refractivity contribution in [1.82, 2.24) is 10.2 Å². The van der Waals surface area contributed by atoms with Gasteiger partial charge in [-0.1, -0.05) is 54.1 Å². The molecule has 1 N–H and O–H groups in total. The zero-order valence-corrected chi connectivity index (χ0v) is 24.5. The van der Waals surface area contributed by atoms with Crippen LogP contribution in [0.2, 0.25) is 0 Å². The van der Waals surface area contributed by atoms with Crippen molar-refractivity contribution in [1.29, 1.82) is 0 Å². The first-order valence-corrected chi connectivity index (χ1v) is 14.6. The van der Waals surface area contributed by atoms with E-state index in [1.807, 2.05) is 71.0 Å². The largest absolute Gasteiger partial charge is 0.352 e. The first-order chi connectivity index (χ1) is 18.4. The molecule has 39 heavy (non-hydrogen) atoms. The highest BCUT2D eigenvalue weighted by Crippen LogP contribution is 2.26. The molecule has 3 aromatic rings. The molecular weight excluding hydrogens is 510 g/mol. The molecule has 0 aliphatic heterocycles. The molecule has 3 rings (SSSR count). The highest BCUT2D eigenvalue weighted by Gasteiger charge is 2.32. The number of nitrogens with one attached hydrogen (secondary N) is 1. The van der Waals surface area contributed by atoms with Gasteiger partial charge in [-0.05, 0) is 88.9 Å². The Kier molecular flexibility index (Phi) is 9.92. The van der Waals surface area contributed by atoms with Crippen molar-refractivity contribution in [3.05, 3.63) is 95.1 Å². The molecule has 0 spiro atoms. The van der Waals surface area contributed by atoms with Crippen LogP contribution in [0.15, 0.2) is 77.7 Å². The lowest BCUT2D eigenvalue weighted by Gasteiger charge is -2.32.